The van der Waals surface area contributed by atoms with Crippen LogP contribution in [0.1, 0.15) is 21.5 Å². The fraction of sp³-hybridized carbons (Fsp3) is 0.100. The Labute approximate surface area is 202 Å². The number of rotatable bonds is 6. The molecule has 5 nitrogen and oxygen atoms in total. The highest BCUT2D eigenvalue weighted by atomic mass is 16.3. The summed E-state index contributed by atoms with van der Waals surface area (Å²) in [7, 11) is 0. The molecule has 35 heavy (non-hydrogen) atoms. The molecule has 0 saturated heterocycles. The van der Waals surface area contributed by atoms with Crippen LogP contribution in [-0.2, 0) is 13.0 Å². The second-order valence-corrected chi connectivity index (χ2v) is 8.89. The number of nitrogens with two attached hydrogens (primary N) is 2. The van der Waals surface area contributed by atoms with E-state index in [1.54, 1.807) is 12.1 Å². The standard InChI is InChI=1S/C30H25N3O2/c31-15-14-22-18-33(17-19-8-10-20(11-9-19)30(32)34)26-13-12-21(16-25(22)26)23-5-3-7-28-29(23)24-4-1-2-6-27(24)35-28/h1-13,16,18H,14-15,17,31H2,(H2,32,34). The van der Waals surface area contributed by atoms with E-state index in [1.807, 2.05) is 42.5 Å². The topological polar surface area (TPSA) is 87.2 Å². The summed E-state index contributed by atoms with van der Waals surface area (Å²) in [6.45, 7) is 1.28. The molecular formula is C30H25N3O2. The van der Waals surface area contributed by atoms with Crippen LogP contribution in [0.3, 0.4) is 0 Å². The van der Waals surface area contributed by atoms with Gasteiger partial charge >= 0.3 is 0 Å². The largest absolute Gasteiger partial charge is 0.456 e. The zero-order valence-electron chi connectivity index (χ0n) is 19.2. The van der Waals surface area contributed by atoms with Crippen molar-refractivity contribution in [1.82, 2.24) is 4.57 Å². The first-order chi connectivity index (χ1) is 17.1. The fourth-order valence-corrected chi connectivity index (χ4v) is 5.01. The molecule has 2 heterocycles. The van der Waals surface area contributed by atoms with E-state index in [9.17, 15) is 4.79 Å². The number of furan rings is 1. The third kappa shape index (κ3) is 3.66. The van der Waals surface area contributed by atoms with E-state index in [0.29, 0.717) is 18.7 Å². The average molecular weight is 460 g/mol. The van der Waals surface area contributed by atoms with Gasteiger partial charge in [0.05, 0.1) is 0 Å². The number of aromatic nitrogens is 1. The van der Waals surface area contributed by atoms with Crippen LogP contribution in [0.5, 0.6) is 0 Å². The number of amides is 1. The lowest BCUT2D eigenvalue weighted by Crippen LogP contribution is -2.10. The van der Waals surface area contributed by atoms with Crippen molar-refractivity contribution >= 4 is 38.7 Å². The van der Waals surface area contributed by atoms with Crippen LogP contribution >= 0.6 is 0 Å². The summed E-state index contributed by atoms with van der Waals surface area (Å²) in [5.41, 5.74) is 19.4. The molecule has 4 N–H and O–H groups in total. The van der Waals surface area contributed by atoms with Gasteiger partial charge in [0.25, 0.3) is 0 Å². The van der Waals surface area contributed by atoms with E-state index in [-0.39, 0.29) is 0 Å². The third-order valence-corrected chi connectivity index (χ3v) is 6.68. The molecule has 4 aromatic carbocycles. The first kappa shape index (κ1) is 21.2. The van der Waals surface area contributed by atoms with Crippen LogP contribution in [0.25, 0.3) is 44.0 Å². The highest BCUT2D eigenvalue weighted by Gasteiger charge is 2.15. The summed E-state index contributed by atoms with van der Waals surface area (Å²) >= 11 is 0. The lowest BCUT2D eigenvalue weighted by atomic mass is 9.97. The van der Waals surface area contributed by atoms with Crippen LogP contribution in [-0.4, -0.2) is 17.0 Å². The van der Waals surface area contributed by atoms with Crippen LogP contribution in [0.15, 0.2) is 95.5 Å². The zero-order valence-corrected chi connectivity index (χ0v) is 19.2. The van der Waals surface area contributed by atoms with Gasteiger partial charge < -0.3 is 20.5 Å². The highest BCUT2D eigenvalue weighted by molar-refractivity contribution is 6.12. The Morgan fingerprint density at radius 2 is 1.66 bits per heavy atom. The maximum absolute atomic E-state index is 11.4. The number of fused-ring (bicyclic) bond motifs is 4. The molecule has 5 heteroatoms. The molecule has 0 saturated carbocycles. The quantitative estimate of drug-likeness (QED) is 0.327. The van der Waals surface area contributed by atoms with Crippen molar-refractivity contribution in [3.8, 4) is 11.1 Å². The molecule has 1 amide bonds. The van der Waals surface area contributed by atoms with Crippen LogP contribution in [0, 0.1) is 0 Å². The minimum absolute atomic E-state index is 0.416. The third-order valence-electron chi connectivity index (χ3n) is 6.68. The number of primary amides is 1. The van der Waals surface area contributed by atoms with Gasteiger partial charge in [-0.1, -0.05) is 48.5 Å². The summed E-state index contributed by atoms with van der Waals surface area (Å²) in [6.07, 6.45) is 2.99. The molecular weight excluding hydrogens is 434 g/mol. The molecule has 0 bridgehead atoms. The summed E-state index contributed by atoms with van der Waals surface area (Å²) < 4.78 is 8.36. The summed E-state index contributed by atoms with van der Waals surface area (Å²) in [5, 5.41) is 3.46. The first-order valence-corrected chi connectivity index (χ1v) is 11.7. The molecule has 0 aliphatic carbocycles. The second kappa shape index (κ2) is 8.46. The number of hydrogen-bond donors (Lipinski definition) is 2. The van der Waals surface area contributed by atoms with E-state index < -0.39 is 5.91 Å². The van der Waals surface area contributed by atoms with E-state index in [2.05, 4.69) is 41.1 Å². The minimum Gasteiger partial charge on any atom is -0.456 e. The zero-order chi connectivity index (χ0) is 23.9. The minimum atomic E-state index is -0.416. The van der Waals surface area contributed by atoms with Gasteiger partial charge in [0, 0.05) is 40.0 Å². The van der Waals surface area contributed by atoms with Crippen LogP contribution < -0.4 is 11.5 Å². The van der Waals surface area contributed by atoms with E-state index in [4.69, 9.17) is 15.9 Å². The lowest BCUT2D eigenvalue weighted by Gasteiger charge is -2.08. The molecule has 0 aliphatic heterocycles. The Kier molecular flexibility index (Phi) is 5.12. The molecule has 0 spiro atoms. The smallest absolute Gasteiger partial charge is 0.248 e. The predicted molar refractivity (Wildman–Crippen MR) is 141 cm³/mol. The van der Waals surface area contributed by atoms with Crippen molar-refractivity contribution in [2.45, 2.75) is 13.0 Å². The van der Waals surface area contributed by atoms with Gasteiger partial charge in [0.1, 0.15) is 11.2 Å². The van der Waals surface area contributed by atoms with Gasteiger partial charge in [-0.05, 0) is 71.6 Å². The Morgan fingerprint density at radius 3 is 2.46 bits per heavy atom. The lowest BCUT2D eigenvalue weighted by molar-refractivity contribution is 0.100. The number of para-hydroxylation sites is 1. The first-order valence-electron chi connectivity index (χ1n) is 11.7. The molecule has 0 aliphatic rings. The van der Waals surface area contributed by atoms with Gasteiger partial charge in [-0.2, -0.15) is 0 Å². The summed E-state index contributed by atoms with van der Waals surface area (Å²) in [6, 6.07) is 28.5. The number of carbonyl (C=O) groups is 1. The van der Waals surface area contributed by atoms with E-state index in [0.717, 1.165) is 50.6 Å². The monoisotopic (exact) mass is 459 g/mol. The molecule has 0 radical (unpaired) electrons. The SMILES string of the molecule is NCCc1cn(Cc2ccc(C(N)=O)cc2)c2ccc(-c3cccc4oc5ccccc5c34)cc12. The van der Waals surface area contributed by atoms with Crippen LogP contribution in [0.2, 0.25) is 0 Å². The molecule has 172 valence electrons. The Morgan fingerprint density at radius 1 is 0.857 bits per heavy atom. The van der Waals surface area contributed by atoms with Crippen molar-refractivity contribution in [3.05, 3.63) is 108 Å². The number of hydrogen-bond acceptors (Lipinski definition) is 3. The average Bonchev–Trinajstić information content (AvgIpc) is 3.42. The van der Waals surface area contributed by atoms with Crippen molar-refractivity contribution in [2.24, 2.45) is 11.5 Å². The predicted octanol–water partition coefficient (Wildman–Crippen LogP) is 5.86. The van der Waals surface area contributed by atoms with Crippen molar-refractivity contribution in [3.63, 3.8) is 0 Å². The number of nitrogens with zero attached hydrogens (tertiary/aromatic N) is 1. The second-order valence-electron chi connectivity index (χ2n) is 8.89. The van der Waals surface area contributed by atoms with Crippen molar-refractivity contribution in [1.29, 1.82) is 0 Å². The Balaban J connectivity index is 1.47. The number of carbonyl (C=O) groups excluding carboxylic acids is 1. The molecule has 0 atom stereocenters. The maximum Gasteiger partial charge on any atom is 0.248 e. The Bertz CT molecular complexity index is 1710. The number of benzene rings is 4. The van der Waals surface area contributed by atoms with Gasteiger partial charge in [-0.3, -0.25) is 4.79 Å². The summed E-state index contributed by atoms with van der Waals surface area (Å²) in [4.78, 5) is 11.4. The molecule has 2 aromatic heterocycles. The van der Waals surface area contributed by atoms with Gasteiger partial charge in [-0.15, -0.1) is 0 Å². The van der Waals surface area contributed by atoms with Crippen molar-refractivity contribution < 1.29 is 9.21 Å². The normalized spacial score (nSPS) is 11.6. The van der Waals surface area contributed by atoms with Crippen LogP contribution in [0.4, 0.5) is 0 Å². The van der Waals surface area contributed by atoms with Crippen molar-refractivity contribution in [2.75, 3.05) is 6.54 Å². The fourth-order valence-electron chi connectivity index (χ4n) is 5.01. The summed E-state index contributed by atoms with van der Waals surface area (Å²) in [5.74, 6) is -0.416. The van der Waals surface area contributed by atoms with E-state index >= 15 is 0 Å². The van der Waals surface area contributed by atoms with E-state index in [1.165, 1.54) is 10.9 Å². The maximum atomic E-state index is 11.4. The molecule has 6 aromatic rings. The van der Waals surface area contributed by atoms with Gasteiger partial charge in [0.2, 0.25) is 5.91 Å². The molecule has 6 rings (SSSR count). The molecule has 0 fully saturated rings. The van der Waals surface area contributed by atoms with Gasteiger partial charge in [-0.25, -0.2) is 0 Å². The Hall–Kier alpha value is -4.35. The van der Waals surface area contributed by atoms with Gasteiger partial charge in [0.15, 0.2) is 0 Å². The molecule has 0 unspecified atom stereocenters. The highest BCUT2D eigenvalue weighted by Crippen LogP contribution is 2.38.